The molecule has 0 amide bonds. The Labute approximate surface area is 192 Å². The van der Waals surface area contributed by atoms with E-state index in [0.29, 0.717) is 6.07 Å². The molecule has 0 spiro atoms. The van der Waals surface area contributed by atoms with E-state index in [-0.39, 0.29) is 28.0 Å². The van der Waals surface area contributed by atoms with Gasteiger partial charge in [-0.15, -0.1) is 0 Å². The SMILES string of the molecule is CCP(=O)(OCC(=O)OC(C)C)c1cc(Oc2ccc(C(F)(F)F)cc2Cl)ccc1[N+](=O)[O-]. The van der Waals surface area contributed by atoms with Crippen LogP contribution in [0.15, 0.2) is 36.4 Å². The van der Waals surface area contributed by atoms with Gasteiger partial charge >= 0.3 is 12.1 Å². The van der Waals surface area contributed by atoms with Crippen molar-refractivity contribution in [1.29, 1.82) is 0 Å². The number of benzene rings is 2. The maximum atomic E-state index is 13.4. The van der Waals surface area contributed by atoms with Crippen LogP contribution in [0.5, 0.6) is 11.5 Å². The minimum absolute atomic E-state index is 0.0840. The summed E-state index contributed by atoms with van der Waals surface area (Å²) in [4.78, 5) is 22.5. The molecule has 8 nitrogen and oxygen atoms in total. The minimum atomic E-state index is -4.61. The van der Waals surface area contributed by atoms with Crippen LogP contribution in [0.1, 0.15) is 26.3 Å². The highest BCUT2D eigenvalue weighted by Crippen LogP contribution is 2.49. The molecule has 0 radical (unpaired) electrons. The number of nitrogens with zero attached hydrogens (tertiary/aromatic N) is 1. The second-order valence-corrected chi connectivity index (χ2v) is 10.1. The number of nitro benzene ring substituents is 1. The molecule has 2 rings (SSSR count). The summed E-state index contributed by atoms with van der Waals surface area (Å²) in [6, 6.07) is 5.68. The molecule has 0 aliphatic rings. The zero-order valence-corrected chi connectivity index (χ0v) is 19.4. The summed E-state index contributed by atoms with van der Waals surface area (Å²) in [6.45, 7) is 3.97. The Morgan fingerprint density at radius 1 is 1.21 bits per heavy atom. The Bertz CT molecular complexity index is 1090. The quantitative estimate of drug-likeness (QED) is 0.178. The molecule has 0 aromatic heterocycles. The molecule has 1 unspecified atom stereocenters. The highest BCUT2D eigenvalue weighted by molar-refractivity contribution is 7.67. The molecule has 1 atom stereocenters. The van der Waals surface area contributed by atoms with Crippen molar-refractivity contribution < 1.29 is 41.5 Å². The van der Waals surface area contributed by atoms with Crippen molar-refractivity contribution in [3.05, 3.63) is 57.1 Å². The third kappa shape index (κ3) is 6.93. The molecule has 180 valence electrons. The normalized spacial score (nSPS) is 13.5. The van der Waals surface area contributed by atoms with Crippen LogP contribution in [0, 0.1) is 10.1 Å². The summed E-state index contributed by atoms with van der Waals surface area (Å²) in [6.07, 6.45) is -5.24. The van der Waals surface area contributed by atoms with E-state index in [1.54, 1.807) is 13.8 Å². The molecule has 33 heavy (non-hydrogen) atoms. The number of halogens is 4. The molecule has 13 heteroatoms. The van der Waals surface area contributed by atoms with Crippen molar-refractivity contribution in [2.24, 2.45) is 0 Å². The zero-order valence-electron chi connectivity index (χ0n) is 17.7. The van der Waals surface area contributed by atoms with Crippen LogP contribution in [0.4, 0.5) is 18.9 Å². The number of nitro groups is 1. The van der Waals surface area contributed by atoms with Crippen molar-refractivity contribution in [2.75, 3.05) is 12.8 Å². The van der Waals surface area contributed by atoms with Crippen LogP contribution >= 0.6 is 19.0 Å². The maximum absolute atomic E-state index is 13.4. The van der Waals surface area contributed by atoms with Crippen LogP contribution in [0.3, 0.4) is 0 Å². The number of carbonyl (C=O) groups excluding carboxylic acids is 1. The second kappa shape index (κ2) is 10.5. The average molecular weight is 510 g/mol. The summed E-state index contributed by atoms with van der Waals surface area (Å²) in [5, 5.41) is 10.8. The largest absolute Gasteiger partial charge is 0.461 e. The number of alkyl halides is 3. The lowest BCUT2D eigenvalue weighted by molar-refractivity contribution is -0.383. The van der Waals surface area contributed by atoms with Gasteiger partial charge < -0.3 is 14.0 Å². The molecule has 0 aliphatic carbocycles. The van der Waals surface area contributed by atoms with Crippen molar-refractivity contribution in [1.82, 2.24) is 0 Å². The first-order chi connectivity index (χ1) is 15.3. The van der Waals surface area contributed by atoms with Gasteiger partial charge in [-0.1, -0.05) is 18.5 Å². The standard InChI is InChI=1S/C20H20ClF3NO7P/c1-4-33(29,30-11-19(26)31-12(2)3)18-10-14(6-7-16(18)25(27)28)32-17-8-5-13(9-15(17)21)20(22,23)24/h5-10,12H,4,11H2,1-3H3. The van der Waals surface area contributed by atoms with E-state index >= 15 is 0 Å². The number of rotatable bonds is 9. The Morgan fingerprint density at radius 3 is 2.39 bits per heavy atom. The molecule has 0 bridgehead atoms. The van der Waals surface area contributed by atoms with Crippen LogP contribution in [0.25, 0.3) is 0 Å². The predicted molar refractivity (Wildman–Crippen MR) is 115 cm³/mol. The van der Waals surface area contributed by atoms with Crippen LogP contribution in [-0.4, -0.2) is 29.8 Å². The third-order valence-electron chi connectivity index (χ3n) is 4.17. The number of carbonyl (C=O) groups is 1. The van der Waals surface area contributed by atoms with E-state index in [9.17, 15) is 32.6 Å². The van der Waals surface area contributed by atoms with Gasteiger partial charge in [-0.2, -0.15) is 13.2 Å². The lowest BCUT2D eigenvalue weighted by Crippen LogP contribution is -2.20. The van der Waals surface area contributed by atoms with Gasteiger partial charge in [0.1, 0.15) is 16.8 Å². The van der Waals surface area contributed by atoms with Gasteiger partial charge in [0.25, 0.3) is 5.69 Å². The van der Waals surface area contributed by atoms with Gasteiger partial charge in [-0.25, -0.2) is 4.79 Å². The molecule has 0 saturated carbocycles. The summed E-state index contributed by atoms with van der Waals surface area (Å²) < 4.78 is 67.5. The highest BCUT2D eigenvalue weighted by Gasteiger charge is 2.34. The van der Waals surface area contributed by atoms with E-state index in [2.05, 4.69) is 0 Å². The molecular weight excluding hydrogens is 490 g/mol. The van der Waals surface area contributed by atoms with Gasteiger partial charge in [-0.05, 0) is 38.1 Å². The van der Waals surface area contributed by atoms with Crippen LogP contribution < -0.4 is 10.0 Å². The van der Waals surface area contributed by atoms with Gasteiger partial charge in [0.2, 0.25) is 7.37 Å². The number of hydrogen-bond acceptors (Lipinski definition) is 7. The molecule has 0 N–H and O–H groups in total. The summed E-state index contributed by atoms with van der Waals surface area (Å²) >= 11 is 5.89. The third-order valence-corrected chi connectivity index (χ3v) is 6.94. The fourth-order valence-corrected chi connectivity index (χ4v) is 4.69. The number of esters is 1. The zero-order chi connectivity index (χ0) is 25.0. The van der Waals surface area contributed by atoms with Gasteiger partial charge in [0.15, 0.2) is 6.61 Å². The van der Waals surface area contributed by atoms with Crippen molar-refractivity contribution in [3.8, 4) is 11.5 Å². The van der Waals surface area contributed by atoms with E-state index in [1.807, 2.05) is 0 Å². The molecule has 0 heterocycles. The summed E-state index contributed by atoms with van der Waals surface area (Å²) in [5.74, 6) is -1.04. The molecule has 2 aromatic carbocycles. The van der Waals surface area contributed by atoms with E-state index in [0.717, 1.165) is 24.3 Å². The highest BCUT2D eigenvalue weighted by atomic mass is 35.5. The average Bonchev–Trinajstić information content (AvgIpc) is 2.72. The smallest absolute Gasteiger partial charge is 0.416 e. The van der Waals surface area contributed by atoms with Gasteiger partial charge in [0, 0.05) is 18.3 Å². The van der Waals surface area contributed by atoms with Crippen LogP contribution in [0.2, 0.25) is 5.02 Å². The second-order valence-electron chi connectivity index (χ2n) is 6.95. The lowest BCUT2D eigenvalue weighted by Gasteiger charge is -2.18. The Balaban J connectivity index is 2.40. The van der Waals surface area contributed by atoms with E-state index in [1.165, 1.54) is 13.0 Å². The number of hydrogen-bond donors (Lipinski definition) is 0. The van der Waals surface area contributed by atoms with Crippen molar-refractivity contribution >= 4 is 35.9 Å². The fourth-order valence-electron chi connectivity index (χ4n) is 2.67. The molecule has 0 aliphatic heterocycles. The first-order valence-corrected chi connectivity index (χ1v) is 11.7. The van der Waals surface area contributed by atoms with Gasteiger partial charge in [-0.3, -0.25) is 14.7 Å². The Morgan fingerprint density at radius 2 is 1.88 bits per heavy atom. The Kier molecular flexibility index (Phi) is 8.51. The van der Waals surface area contributed by atoms with Crippen LogP contribution in [-0.2, 0) is 24.8 Å². The molecule has 2 aromatic rings. The summed E-state index contributed by atoms with van der Waals surface area (Å²) in [7, 11) is -3.92. The maximum Gasteiger partial charge on any atom is 0.416 e. The fraction of sp³-hybridized carbons (Fsp3) is 0.350. The van der Waals surface area contributed by atoms with E-state index in [4.69, 9.17) is 25.6 Å². The van der Waals surface area contributed by atoms with Gasteiger partial charge in [0.05, 0.1) is 21.6 Å². The first-order valence-electron chi connectivity index (χ1n) is 9.53. The molecular formula is C20H20ClF3NO7P. The molecule has 0 fully saturated rings. The lowest BCUT2D eigenvalue weighted by atomic mass is 10.2. The topological polar surface area (TPSA) is 105 Å². The predicted octanol–water partition coefficient (Wildman–Crippen LogP) is 5.95. The Hall–Kier alpha value is -2.62. The molecule has 0 saturated heterocycles. The van der Waals surface area contributed by atoms with Crippen molar-refractivity contribution in [3.63, 3.8) is 0 Å². The first kappa shape index (κ1) is 26.6. The minimum Gasteiger partial charge on any atom is -0.461 e. The monoisotopic (exact) mass is 509 g/mol. The number of ether oxygens (including phenoxy) is 2. The van der Waals surface area contributed by atoms with Crippen molar-refractivity contribution in [2.45, 2.75) is 33.1 Å². The summed E-state index contributed by atoms with van der Waals surface area (Å²) in [5.41, 5.74) is -1.52. The van der Waals surface area contributed by atoms with E-state index < -0.39 is 48.4 Å².